The number of halogens is 1. The lowest BCUT2D eigenvalue weighted by atomic mass is 10.0. The maximum atomic E-state index is 13.6. The molecular weight excluding hydrogens is 1060 g/mol. The normalized spacial score (nSPS) is 22.4. The number of fused-ring (bicyclic) bond motifs is 4. The average Bonchev–Trinajstić information content (AvgIpc) is 4.16. The molecule has 0 bridgehead atoms. The number of aliphatic hydroxyl groups is 1. The Labute approximate surface area is 422 Å². The number of aromatic amines is 1. The van der Waals surface area contributed by atoms with Gasteiger partial charge in [-0.15, -0.1) is 0 Å². The van der Waals surface area contributed by atoms with Crippen LogP contribution in [0.5, 0.6) is 5.75 Å². The van der Waals surface area contributed by atoms with Gasteiger partial charge >= 0.3 is 23.5 Å². The molecule has 0 saturated carbocycles. The number of phosphoric ester groups is 3. The lowest BCUT2D eigenvalue weighted by Crippen LogP contribution is -2.28. The third-order valence-electron chi connectivity index (χ3n) is 12.2. The molecule has 33 heteroatoms. The number of nitrogens with two attached hydrogens (primary N) is 2. The summed E-state index contributed by atoms with van der Waals surface area (Å²) in [7, 11) is -13.6. The van der Waals surface area contributed by atoms with E-state index in [2.05, 4.69) is 35.2 Å². The van der Waals surface area contributed by atoms with E-state index in [4.69, 9.17) is 64.9 Å². The first kappa shape index (κ1) is 53.5. The number of aliphatic hydroxyl groups excluding tert-OH is 1. The predicted octanol–water partition coefficient (Wildman–Crippen LogP) is 4.07. The van der Waals surface area contributed by atoms with Gasteiger partial charge in [0.2, 0.25) is 5.95 Å². The fraction of sp³-hybridized carbons (Fsp3) is 0.439. The van der Waals surface area contributed by atoms with Crippen LogP contribution >= 0.6 is 35.1 Å². The van der Waals surface area contributed by atoms with Gasteiger partial charge in [-0.05, 0) is 49.2 Å². The zero-order valence-electron chi connectivity index (χ0n) is 38.9. The Morgan fingerprint density at radius 2 is 1.53 bits per heavy atom. The molecule has 7 aromatic rings. The number of hydrogen-bond donors (Lipinski definition) is 9. The van der Waals surface area contributed by atoms with Crippen LogP contribution in [0, 0.1) is 5.92 Å². The van der Waals surface area contributed by atoms with Crippen LogP contribution in [0.4, 0.5) is 17.5 Å². The Bertz CT molecular complexity index is 3380. The number of ether oxygens (including phenoxy) is 3. The molecule has 0 radical (unpaired) electrons. The van der Waals surface area contributed by atoms with Crippen LogP contribution in [0.3, 0.4) is 0 Å². The number of phosphoric acid groups is 3. The predicted molar refractivity (Wildman–Crippen MR) is 262 cm³/mol. The molecule has 29 nitrogen and oxygen atoms in total. The maximum absolute atomic E-state index is 13.6. The molecule has 2 fully saturated rings. The van der Waals surface area contributed by atoms with Crippen molar-refractivity contribution >= 4 is 96.7 Å². The Kier molecular flexibility index (Phi) is 16.0. The number of anilines is 3. The number of nitrogen functional groups attached to an aromatic ring is 2. The van der Waals surface area contributed by atoms with Crippen molar-refractivity contribution in [1.29, 1.82) is 0 Å². The van der Waals surface area contributed by atoms with Crippen molar-refractivity contribution < 1.29 is 75.2 Å². The van der Waals surface area contributed by atoms with E-state index >= 15 is 0 Å². The number of pyridine rings is 1. The van der Waals surface area contributed by atoms with Crippen LogP contribution in [0.1, 0.15) is 44.6 Å². The van der Waals surface area contributed by atoms with Crippen LogP contribution in [0.15, 0.2) is 60.2 Å². The van der Waals surface area contributed by atoms with Crippen LogP contribution in [0.25, 0.3) is 44.1 Å². The molecule has 9 rings (SSSR count). The van der Waals surface area contributed by atoms with Crippen molar-refractivity contribution in [2.75, 3.05) is 56.9 Å². The van der Waals surface area contributed by atoms with Crippen LogP contribution < -0.4 is 27.1 Å². The number of methoxy groups -OCH3 is 1. The number of unbranched alkanes of at least 4 members (excludes halogenated alkanes) is 1. The molecule has 398 valence electrons. The number of H-pyrrole nitrogens is 1. The topological polar surface area (TPSA) is 410 Å². The second-order valence-corrected chi connectivity index (χ2v) is 21.7. The minimum Gasteiger partial charge on any atom is -0.497 e. The Hall–Kier alpha value is -5.29. The van der Waals surface area contributed by atoms with E-state index in [9.17, 15) is 43.2 Å². The Morgan fingerprint density at radius 3 is 2.26 bits per heavy atom. The zero-order valence-corrected chi connectivity index (χ0v) is 42.3. The van der Waals surface area contributed by atoms with Gasteiger partial charge in [-0.2, -0.15) is 4.98 Å². The van der Waals surface area contributed by atoms with Crippen molar-refractivity contribution in [1.82, 2.24) is 44.0 Å². The van der Waals surface area contributed by atoms with Crippen molar-refractivity contribution in [2.24, 2.45) is 5.92 Å². The van der Waals surface area contributed by atoms with Crippen molar-refractivity contribution in [2.45, 2.75) is 69.0 Å². The van der Waals surface area contributed by atoms with Gasteiger partial charge in [0.1, 0.15) is 54.5 Å². The second-order valence-electron chi connectivity index (χ2n) is 17.2. The molecule has 0 spiro atoms. The molecule has 11 N–H and O–H groups in total. The third-order valence-corrected chi connectivity index (χ3v) is 14.9. The van der Waals surface area contributed by atoms with Gasteiger partial charge in [0.15, 0.2) is 22.6 Å². The first-order chi connectivity index (χ1) is 35.3. The monoisotopic (exact) mass is 1110 g/mol. The molecule has 7 heterocycles. The van der Waals surface area contributed by atoms with Crippen LogP contribution in [-0.4, -0.2) is 133 Å². The van der Waals surface area contributed by atoms with Gasteiger partial charge in [-0.1, -0.05) is 18.0 Å². The summed E-state index contributed by atoms with van der Waals surface area (Å²) in [6, 6.07) is 10.9. The molecule has 74 heavy (non-hydrogen) atoms. The van der Waals surface area contributed by atoms with Crippen LogP contribution in [-0.2, 0) is 45.8 Å². The minimum atomic E-state index is -5.16. The van der Waals surface area contributed by atoms with Gasteiger partial charge in [0, 0.05) is 41.1 Å². The van der Waals surface area contributed by atoms with Gasteiger partial charge < -0.3 is 55.7 Å². The molecule has 2 saturated heterocycles. The molecule has 0 aliphatic carbocycles. The molecule has 2 aliphatic rings. The molecular formula is C41H50ClN12O17P3. The van der Waals surface area contributed by atoms with E-state index in [0.717, 1.165) is 16.5 Å². The number of benzene rings is 2. The first-order valence-electron chi connectivity index (χ1n) is 22.7. The fourth-order valence-electron chi connectivity index (χ4n) is 8.69. The summed E-state index contributed by atoms with van der Waals surface area (Å²) in [5.74, 6) is -0.367. The van der Waals surface area contributed by atoms with Gasteiger partial charge in [-0.3, -0.25) is 41.5 Å². The van der Waals surface area contributed by atoms with Gasteiger partial charge in [0.05, 0.1) is 62.9 Å². The summed E-state index contributed by atoms with van der Waals surface area (Å²) in [4.78, 5) is 81.3. The summed E-state index contributed by atoms with van der Waals surface area (Å²) in [6.07, 6.45) is -2.39. The lowest BCUT2D eigenvalue weighted by Gasteiger charge is -2.24. The highest BCUT2D eigenvalue weighted by atomic mass is 35.5. The molecule has 2 aliphatic heterocycles. The molecule has 2 aromatic carbocycles. The van der Waals surface area contributed by atoms with Gasteiger partial charge in [-0.25, -0.2) is 38.6 Å². The number of nitrogens with zero attached hydrogens (tertiary/aromatic N) is 8. The van der Waals surface area contributed by atoms with Crippen molar-refractivity contribution in [3.05, 3.63) is 70.8 Å². The number of rotatable bonds is 23. The second kappa shape index (κ2) is 22.1. The largest absolute Gasteiger partial charge is 0.497 e. The molecule has 9 atom stereocenters. The SMILES string of the molecule is COc1ccc2nc3cc(Cl)ccc3c(NCCCCC(COP(=O)(O)OC[C@H]3O[C@@H](n4cnc5c(=O)[nH]c(N)nc54)C[C@@H]3OP(=O)(O)O)COP(=O)(O)O[C@H]3C[C@H](n4cnc5c(N)ncnc54)O[C@@H]3CO)c2c1. The highest BCUT2D eigenvalue weighted by molar-refractivity contribution is 7.47. The average molecular weight is 1110 g/mol. The van der Waals surface area contributed by atoms with E-state index in [1.165, 1.54) is 28.1 Å². The fourth-order valence-corrected chi connectivity index (χ4v) is 11.3. The Morgan fingerprint density at radius 1 is 0.824 bits per heavy atom. The van der Waals surface area contributed by atoms with E-state index in [-0.39, 0.29) is 42.2 Å². The van der Waals surface area contributed by atoms with Crippen molar-refractivity contribution in [3.63, 3.8) is 0 Å². The maximum Gasteiger partial charge on any atom is 0.472 e. The molecule has 0 amide bonds. The van der Waals surface area contributed by atoms with Crippen LogP contribution in [0.2, 0.25) is 5.02 Å². The number of hydrogen-bond acceptors (Lipinski definition) is 22. The smallest absolute Gasteiger partial charge is 0.472 e. The zero-order chi connectivity index (χ0) is 52.5. The summed E-state index contributed by atoms with van der Waals surface area (Å²) in [5, 5.41) is 15.8. The summed E-state index contributed by atoms with van der Waals surface area (Å²) in [5.41, 5.74) is 13.6. The highest BCUT2D eigenvalue weighted by Crippen LogP contribution is 2.51. The summed E-state index contributed by atoms with van der Waals surface area (Å²) in [6.45, 7) is -2.10. The quantitative estimate of drug-likeness (QED) is 0.0248. The van der Waals surface area contributed by atoms with E-state index in [1.807, 2.05) is 18.2 Å². The lowest BCUT2D eigenvalue weighted by molar-refractivity contribution is -0.0453. The summed E-state index contributed by atoms with van der Waals surface area (Å²) < 4.78 is 85.9. The van der Waals surface area contributed by atoms with E-state index < -0.39 is 98.2 Å². The third kappa shape index (κ3) is 12.4. The highest BCUT2D eigenvalue weighted by Gasteiger charge is 2.44. The number of aromatic nitrogens is 9. The van der Waals surface area contributed by atoms with Gasteiger partial charge in [0.25, 0.3) is 5.56 Å². The van der Waals surface area contributed by atoms with Crippen molar-refractivity contribution in [3.8, 4) is 5.75 Å². The summed E-state index contributed by atoms with van der Waals surface area (Å²) >= 11 is 6.31. The Balaban J connectivity index is 0.870. The standard InChI is InChI=1S/C41H50ClN12O17P3/c1-64-23-6-8-26-25(11-23)34(24-7-5-22(42)10-27(24)50-26)45-9-3-2-4-21(16-66-74(62,63)71-28-12-32(68-30(28)14-55)53-19-48-35-37(43)46-18-47-38(35)53)15-65-73(60,61)67-17-31-29(70-72(57,58)59)13-33(69-31)54-20-49-36-39(54)51-41(44)52-40(36)56/h5-8,10-11,18-21,28-33,55H,2-4,9,12-17H2,1H3,(H,45,50)(H,60,61)(H,62,63)(H2,43,46,47)(H2,57,58,59)(H3,44,51,52,56)/t21?,28-,29-,30+,31+,32+,33+/m0/s1. The molecule has 3 unspecified atom stereocenters. The number of nitrogens with one attached hydrogen (secondary N) is 2. The van der Waals surface area contributed by atoms with E-state index in [0.29, 0.717) is 52.4 Å². The minimum absolute atomic E-state index is 0.0187. The number of imidazole rings is 2. The van der Waals surface area contributed by atoms with E-state index in [1.54, 1.807) is 25.3 Å². The molecule has 5 aromatic heterocycles. The first-order valence-corrected chi connectivity index (χ1v) is 27.6.